The first kappa shape index (κ1) is 11.9. The second-order valence-electron chi connectivity index (χ2n) is 4.38. The number of aromatic nitrogens is 1. The molecule has 0 aromatic carbocycles. The van der Waals surface area contributed by atoms with E-state index in [1.165, 1.54) is 7.11 Å². The number of methoxy groups -OCH3 is 1. The third kappa shape index (κ3) is 2.39. The van der Waals surface area contributed by atoms with Gasteiger partial charge in [-0.3, -0.25) is 4.79 Å². The summed E-state index contributed by atoms with van der Waals surface area (Å²) in [5, 5.41) is 6.07. The van der Waals surface area contributed by atoms with Gasteiger partial charge in [0.05, 0.1) is 12.6 Å². The number of hydrogen-bond acceptors (Lipinski definition) is 4. The topological polar surface area (TPSA) is 63.2 Å². The van der Waals surface area contributed by atoms with Crippen LogP contribution < -0.4 is 15.4 Å². The molecule has 1 atom stereocenters. The Kier molecular flexibility index (Phi) is 3.28. The summed E-state index contributed by atoms with van der Waals surface area (Å²) < 4.78 is 5.10. The SMILES string of the molecule is COc1ncccc1NC(=O)C1(C)CCCN1. The summed E-state index contributed by atoms with van der Waals surface area (Å²) in [6, 6.07) is 3.55. The molecule has 1 aromatic rings. The van der Waals surface area contributed by atoms with Gasteiger partial charge in [-0.1, -0.05) is 0 Å². The van der Waals surface area contributed by atoms with Crippen molar-refractivity contribution in [3.05, 3.63) is 18.3 Å². The van der Waals surface area contributed by atoms with Crippen molar-refractivity contribution in [1.29, 1.82) is 0 Å². The number of amides is 1. The van der Waals surface area contributed by atoms with Crippen LogP contribution in [-0.4, -0.2) is 30.1 Å². The molecule has 0 bridgehead atoms. The number of carbonyl (C=O) groups excluding carboxylic acids is 1. The van der Waals surface area contributed by atoms with Crippen LogP contribution >= 0.6 is 0 Å². The number of ether oxygens (including phenoxy) is 1. The van der Waals surface area contributed by atoms with Crippen molar-refractivity contribution in [1.82, 2.24) is 10.3 Å². The molecule has 5 nitrogen and oxygen atoms in total. The maximum absolute atomic E-state index is 12.1. The van der Waals surface area contributed by atoms with Crippen molar-refractivity contribution in [2.24, 2.45) is 0 Å². The van der Waals surface area contributed by atoms with Crippen LogP contribution in [0.3, 0.4) is 0 Å². The van der Waals surface area contributed by atoms with Crippen LogP contribution in [0.5, 0.6) is 5.88 Å². The Hall–Kier alpha value is -1.62. The minimum absolute atomic E-state index is 0.0405. The lowest BCUT2D eigenvalue weighted by Gasteiger charge is -2.23. The summed E-state index contributed by atoms with van der Waals surface area (Å²) in [6.07, 6.45) is 3.50. The average Bonchev–Trinajstić information content (AvgIpc) is 2.78. The Labute approximate surface area is 101 Å². The summed E-state index contributed by atoms with van der Waals surface area (Å²) in [4.78, 5) is 16.2. The van der Waals surface area contributed by atoms with Gasteiger partial charge < -0.3 is 15.4 Å². The zero-order valence-corrected chi connectivity index (χ0v) is 10.1. The van der Waals surface area contributed by atoms with E-state index in [2.05, 4.69) is 15.6 Å². The summed E-state index contributed by atoms with van der Waals surface area (Å²) >= 11 is 0. The number of rotatable bonds is 3. The van der Waals surface area contributed by atoms with Crippen LogP contribution in [0.2, 0.25) is 0 Å². The Morgan fingerprint density at radius 3 is 3.12 bits per heavy atom. The highest BCUT2D eigenvalue weighted by Crippen LogP contribution is 2.24. The molecule has 1 aromatic heterocycles. The van der Waals surface area contributed by atoms with Gasteiger partial charge in [0.15, 0.2) is 0 Å². The van der Waals surface area contributed by atoms with E-state index < -0.39 is 5.54 Å². The minimum Gasteiger partial charge on any atom is -0.480 e. The largest absolute Gasteiger partial charge is 0.480 e. The lowest BCUT2D eigenvalue weighted by atomic mass is 9.99. The maximum atomic E-state index is 12.1. The molecular weight excluding hydrogens is 218 g/mol. The normalized spacial score (nSPS) is 23.4. The molecule has 1 aliphatic heterocycles. The number of nitrogens with one attached hydrogen (secondary N) is 2. The van der Waals surface area contributed by atoms with E-state index in [4.69, 9.17) is 4.74 Å². The Morgan fingerprint density at radius 1 is 1.65 bits per heavy atom. The van der Waals surface area contributed by atoms with Gasteiger partial charge in [-0.15, -0.1) is 0 Å². The van der Waals surface area contributed by atoms with E-state index in [9.17, 15) is 4.79 Å². The number of hydrogen-bond donors (Lipinski definition) is 2. The van der Waals surface area contributed by atoms with Crippen LogP contribution in [-0.2, 0) is 4.79 Å². The first-order chi connectivity index (χ1) is 8.15. The Bertz CT molecular complexity index is 414. The van der Waals surface area contributed by atoms with E-state index in [0.29, 0.717) is 11.6 Å². The molecular formula is C12H17N3O2. The second-order valence-corrected chi connectivity index (χ2v) is 4.38. The highest BCUT2D eigenvalue weighted by molar-refractivity contribution is 5.98. The molecule has 0 spiro atoms. The first-order valence-corrected chi connectivity index (χ1v) is 5.71. The van der Waals surface area contributed by atoms with Gasteiger partial charge in [0.25, 0.3) is 0 Å². The van der Waals surface area contributed by atoms with Gasteiger partial charge in [0, 0.05) is 6.20 Å². The van der Waals surface area contributed by atoms with Crippen molar-refractivity contribution in [2.75, 3.05) is 19.0 Å². The van der Waals surface area contributed by atoms with E-state index in [0.717, 1.165) is 19.4 Å². The van der Waals surface area contributed by atoms with Gasteiger partial charge >= 0.3 is 0 Å². The molecule has 2 heterocycles. The fourth-order valence-corrected chi connectivity index (χ4v) is 2.00. The third-order valence-corrected chi connectivity index (χ3v) is 3.08. The average molecular weight is 235 g/mol. The second kappa shape index (κ2) is 4.71. The minimum atomic E-state index is -0.485. The van der Waals surface area contributed by atoms with Crippen LogP contribution in [0, 0.1) is 0 Å². The fraction of sp³-hybridized carbons (Fsp3) is 0.500. The standard InChI is InChI=1S/C12H17N3O2/c1-12(6-4-8-14-12)11(16)15-9-5-3-7-13-10(9)17-2/h3,5,7,14H,4,6,8H2,1-2H3,(H,15,16). The lowest BCUT2D eigenvalue weighted by molar-refractivity contribution is -0.121. The number of carbonyl (C=O) groups is 1. The molecule has 17 heavy (non-hydrogen) atoms. The molecule has 1 saturated heterocycles. The molecule has 0 aliphatic carbocycles. The predicted octanol–water partition coefficient (Wildman–Crippen LogP) is 1.17. The quantitative estimate of drug-likeness (QED) is 0.825. The third-order valence-electron chi connectivity index (χ3n) is 3.08. The molecule has 1 fully saturated rings. The van der Waals surface area contributed by atoms with E-state index in [1.54, 1.807) is 18.3 Å². The van der Waals surface area contributed by atoms with Crippen LogP contribution in [0.1, 0.15) is 19.8 Å². The molecule has 1 unspecified atom stereocenters. The molecule has 1 amide bonds. The van der Waals surface area contributed by atoms with Gasteiger partial charge in [-0.05, 0) is 38.4 Å². The van der Waals surface area contributed by atoms with Crippen molar-refractivity contribution in [2.45, 2.75) is 25.3 Å². The molecule has 0 saturated carbocycles. The summed E-state index contributed by atoms with van der Waals surface area (Å²) in [5.41, 5.74) is 0.121. The fourth-order valence-electron chi connectivity index (χ4n) is 2.00. The van der Waals surface area contributed by atoms with Crippen LogP contribution in [0.4, 0.5) is 5.69 Å². The lowest BCUT2D eigenvalue weighted by Crippen LogP contribution is -2.48. The molecule has 2 N–H and O–H groups in total. The van der Waals surface area contributed by atoms with Gasteiger partial charge in [0.1, 0.15) is 5.69 Å². The van der Waals surface area contributed by atoms with Crippen molar-refractivity contribution < 1.29 is 9.53 Å². The summed E-state index contributed by atoms with van der Waals surface area (Å²) in [6.45, 7) is 2.80. The molecule has 2 rings (SSSR count). The maximum Gasteiger partial charge on any atom is 0.244 e. The van der Waals surface area contributed by atoms with Crippen molar-refractivity contribution >= 4 is 11.6 Å². The van der Waals surface area contributed by atoms with Crippen LogP contribution in [0.15, 0.2) is 18.3 Å². The molecule has 0 radical (unpaired) electrons. The van der Waals surface area contributed by atoms with Crippen LogP contribution in [0.25, 0.3) is 0 Å². The van der Waals surface area contributed by atoms with Gasteiger partial charge in [-0.25, -0.2) is 4.98 Å². The van der Waals surface area contributed by atoms with E-state index in [1.807, 2.05) is 6.92 Å². The van der Waals surface area contributed by atoms with E-state index in [-0.39, 0.29) is 5.91 Å². The highest BCUT2D eigenvalue weighted by atomic mass is 16.5. The first-order valence-electron chi connectivity index (χ1n) is 5.71. The number of nitrogens with zero attached hydrogens (tertiary/aromatic N) is 1. The van der Waals surface area contributed by atoms with E-state index >= 15 is 0 Å². The predicted molar refractivity (Wildman–Crippen MR) is 65.1 cm³/mol. The summed E-state index contributed by atoms with van der Waals surface area (Å²) in [7, 11) is 1.54. The Balaban J connectivity index is 2.12. The molecule has 1 aliphatic rings. The Morgan fingerprint density at radius 2 is 2.47 bits per heavy atom. The van der Waals surface area contributed by atoms with Crippen molar-refractivity contribution in [3.8, 4) is 5.88 Å². The number of pyridine rings is 1. The molecule has 5 heteroatoms. The van der Waals surface area contributed by atoms with Gasteiger partial charge in [-0.2, -0.15) is 0 Å². The zero-order chi connectivity index (χ0) is 12.3. The highest BCUT2D eigenvalue weighted by Gasteiger charge is 2.36. The number of anilines is 1. The smallest absolute Gasteiger partial charge is 0.244 e. The summed E-state index contributed by atoms with van der Waals surface area (Å²) in [5.74, 6) is 0.392. The van der Waals surface area contributed by atoms with Gasteiger partial charge in [0.2, 0.25) is 11.8 Å². The molecule has 92 valence electrons. The monoisotopic (exact) mass is 235 g/mol. The zero-order valence-electron chi connectivity index (χ0n) is 10.1. The van der Waals surface area contributed by atoms with Crippen molar-refractivity contribution in [3.63, 3.8) is 0 Å².